The minimum Gasteiger partial charge on any atom is -0.368 e. The normalized spacial score (nSPS) is 16.2. The summed E-state index contributed by atoms with van der Waals surface area (Å²) in [5.74, 6) is 0.777. The van der Waals surface area contributed by atoms with Crippen molar-refractivity contribution >= 4 is 23.2 Å². The van der Waals surface area contributed by atoms with Crippen LogP contribution in [-0.2, 0) is 4.79 Å². The zero-order valence-electron chi connectivity index (χ0n) is 18.1. The SMILES string of the molecule is Cc1ccc(N2CCN(C(=O)c3cn(-c4ccc(NC(=O)C5CC5)cn4)cn3)CC2)cc1. The predicted molar refractivity (Wildman–Crippen MR) is 122 cm³/mol. The highest BCUT2D eigenvalue weighted by atomic mass is 16.2. The van der Waals surface area contributed by atoms with Gasteiger partial charge >= 0.3 is 0 Å². The number of amides is 2. The number of hydrogen-bond donors (Lipinski definition) is 1. The van der Waals surface area contributed by atoms with Crippen molar-refractivity contribution in [2.75, 3.05) is 36.4 Å². The minimum absolute atomic E-state index is 0.0533. The van der Waals surface area contributed by atoms with Crippen LogP contribution in [0.15, 0.2) is 55.1 Å². The highest BCUT2D eigenvalue weighted by Gasteiger charge is 2.29. The summed E-state index contributed by atoms with van der Waals surface area (Å²) >= 11 is 0. The topological polar surface area (TPSA) is 83.4 Å². The summed E-state index contributed by atoms with van der Waals surface area (Å²) in [6.07, 6.45) is 6.86. The van der Waals surface area contributed by atoms with Crippen LogP contribution in [-0.4, -0.2) is 57.4 Å². The van der Waals surface area contributed by atoms with Crippen LogP contribution < -0.4 is 10.2 Å². The van der Waals surface area contributed by atoms with Crippen molar-refractivity contribution in [2.45, 2.75) is 19.8 Å². The van der Waals surface area contributed by atoms with Crippen molar-refractivity contribution in [2.24, 2.45) is 5.92 Å². The Balaban J connectivity index is 1.19. The molecule has 3 aromatic rings. The van der Waals surface area contributed by atoms with Gasteiger partial charge in [-0.15, -0.1) is 0 Å². The number of carbonyl (C=O) groups excluding carboxylic acids is 2. The van der Waals surface area contributed by atoms with Gasteiger partial charge in [-0.05, 0) is 44.0 Å². The van der Waals surface area contributed by atoms with Crippen LogP contribution >= 0.6 is 0 Å². The smallest absolute Gasteiger partial charge is 0.274 e. The zero-order valence-corrected chi connectivity index (χ0v) is 18.1. The molecule has 1 aliphatic carbocycles. The third-order valence-corrected chi connectivity index (χ3v) is 6.00. The van der Waals surface area contributed by atoms with E-state index < -0.39 is 0 Å². The van der Waals surface area contributed by atoms with E-state index in [0.717, 1.165) is 25.9 Å². The molecule has 1 N–H and O–H groups in total. The summed E-state index contributed by atoms with van der Waals surface area (Å²) in [7, 11) is 0. The maximum atomic E-state index is 12.9. The Morgan fingerprint density at radius 2 is 1.72 bits per heavy atom. The molecule has 5 rings (SSSR count). The third kappa shape index (κ3) is 4.34. The largest absolute Gasteiger partial charge is 0.368 e. The number of aromatic nitrogens is 3. The van der Waals surface area contributed by atoms with Crippen molar-refractivity contribution in [3.05, 3.63) is 66.4 Å². The number of nitrogens with one attached hydrogen (secondary N) is 1. The van der Waals surface area contributed by atoms with Crippen LogP contribution in [0.25, 0.3) is 5.82 Å². The molecule has 2 amide bonds. The molecule has 0 spiro atoms. The first-order chi connectivity index (χ1) is 15.6. The standard InChI is InChI=1S/C24H26N6O2/c1-17-2-7-20(8-3-17)28-10-12-29(13-11-28)24(32)21-15-30(16-26-21)22-9-6-19(14-25-22)27-23(31)18-4-5-18/h2-3,6-9,14-16,18H,4-5,10-13H2,1H3,(H,27,31). The maximum Gasteiger partial charge on any atom is 0.274 e. The van der Waals surface area contributed by atoms with E-state index in [-0.39, 0.29) is 17.7 Å². The fourth-order valence-electron chi connectivity index (χ4n) is 3.85. The minimum atomic E-state index is -0.0689. The second-order valence-electron chi connectivity index (χ2n) is 8.45. The summed E-state index contributed by atoms with van der Waals surface area (Å²) in [6.45, 7) is 4.99. The van der Waals surface area contributed by atoms with Crippen LogP contribution in [0.4, 0.5) is 11.4 Å². The Labute approximate surface area is 186 Å². The van der Waals surface area contributed by atoms with Gasteiger partial charge in [-0.2, -0.15) is 0 Å². The van der Waals surface area contributed by atoms with E-state index in [1.165, 1.54) is 11.3 Å². The van der Waals surface area contributed by atoms with E-state index in [1.807, 2.05) is 11.0 Å². The molecule has 8 nitrogen and oxygen atoms in total. The molecule has 3 heterocycles. The average Bonchev–Trinajstić information content (AvgIpc) is 3.57. The van der Waals surface area contributed by atoms with Crippen LogP contribution in [0.3, 0.4) is 0 Å². The number of benzene rings is 1. The zero-order chi connectivity index (χ0) is 22.1. The molecule has 2 fully saturated rings. The quantitative estimate of drug-likeness (QED) is 0.673. The molecule has 0 radical (unpaired) electrons. The van der Waals surface area contributed by atoms with Crippen molar-refractivity contribution in [3.8, 4) is 5.82 Å². The van der Waals surface area contributed by atoms with Crippen LogP contribution in [0, 0.1) is 12.8 Å². The number of nitrogens with zero attached hydrogens (tertiary/aromatic N) is 5. The lowest BCUT2D eigenvalue weighted by molar-refractivity contribution is -0.117. The van der Waals surface area contributed by atoms with Crippen molar-refractivity contribution in [3.63, 3.8) is 0 Å². The average molecular weight is 431 g/mol. The molecule has 1 aromatic carbocycles. The summed E-state index contributed by atoms with van der Waals surface area (Å²) in [4.78, 5) is 37.7. The van der Waals surface area contributed by atoms with Gasteiger partial charge in [0.1, 0.15) is 17.8 Å². The summed E-state index contributed by atoms with van der Waals surface area (Å²) < 4.78 is 1.72. The van der Waals surface area contributed by atoms with Crippen molar-refractivity contribution in [1.82, 2.24) is 19.4 Å². The molecule has 8 heteroatoms. The Bertz CT molecular complexity index is 1110. The lowest BCUT2D eigenvalue weighted by Gasteiger charge is -2.35. The van der Waals surface area contributed by atoms with Crippen LogP contribution in [0.2, 0.25) is 0 Å². The number of hydrogen-bond acceptors (Lipinski definition) is 5. The van der Waals surface area contributed by atoms with E-state index in [1.54, 1.807) is 29.4 Å². The Hall–Kier alpha value is -3.68. The summed E-state index contributed by atoms with van der Waals surface area (Å²) in [5.41, 5.74) is 3.51. The molecular weight excluding hydrogens is 404 g/mol. The fraction of sp³-hybridized carbons (Fsp3) is 0.333. The maximum absolute atomic E-state index is 12.9. The van der Waals surface area contributed by atoms with Gasteiger partial charge in [-0.1, -0.05) is 17.7 Å². The predicted octanol–water partition coefficient (Wildman–Crippen LogP) is 2.89. The van der Waals surface area contributed by atoms with E-state index in [9.17, 15) is 9.59 Å². The number of anilines is 2. The molecule has 1 saturated carbocycles. The molecule has 2 aliphatic rings. The first kappa shape index (κ1) is 20.2. The van der Waals surface area contributed by atoms with Gasteiger partial charge in [0.2, 0.25) is 5.91 Å². The number of pyridine rings is 1. The van der Waals surface area contributed by atoms with Gasteiger partial charge in [0.25, 0.3) is 5.91 Å². The molecule has 2 aromatic heterocycles. The third-order valence-electron chi connectivity index (χ3n) is 6.00. The number of rotatable bonds is 5. The van der Waals surface area contributed by atoms with Gasteiger partial charge in [-0.3, -0.25) is 14.2 Å². The van der Waals surface area contributed by atoms with Gasteiger partial charge in [0.05, 0.1) is 11.9 Å². The number of aryl methyl sites for hydroxylation is 1. The second kappa shape index (κ2) is 8.45. The molecule has 0 unspecified atom stereocenters. The highest BCUT2D eigenvalue weighted by Crippen LogP contribution is 2.30. The van der Waals surface area contributed by atoms with Gasteiger partial charge in [0, 0.05) is 44.0 Å². The van der Waals surface area contributed by atoms with E-state index in [2.05, 4.69) is 51.4 Å². The number of piperazine rings is 1. The van der Waals surface area contributed by atoms with Gasteiger partial charge in [-0.25, -0.2) is 9.97 Å². The second-order valence-corrected chi connectivity index (χ2v) is 8.45. The first-order valence-electron chi connectivity index (χ1n) is 11.0. The van der Waals surface area contributed by atoms with Crippen molar-refractivity contribution < 1.29 is 9.59 Å². The number of imidazole rings is 1. The fourth-order valence-corrected chi connectivity index (χ4v) is 3.85. The Morgan fingerprint density at radius 3 is 2.38 bits per heavy atom. The first-order valence-corrected chi connectivity index (χ1v) is 11.0. The lowest BCUT2D eigenvalue weighted by Crippen LogP contribution is -2.48. The van der Waals surface area contributed by atoms with E-state index in [4.69, 9.17) is 0 Å². The molecular formula is C24H26N6O2. The summed E-state index contributed by atoms with van der Waals surface area (Å²) in [5, 5.41) is 2.88. The highest BCUT2D eigenvalue weighted by molar-refractivity contribution is 5.94. The molecule has 32 heavy (non-hydrogen) atoms. The summed E-state index contributed by atoms with van der Waals surface area (Å²) in [6, 6.07) is 12.1. The molecule has 0 bridgehead atoms. The molecule has 1 aliphatic heterocycles. The van der Waals surface area contributed by atoms with Gasteiger partial charge < -0.3 is 15.1 Å². The molecule has 0 atom stereocenters. The van der Waals surface area contributed by atoms with E-state index >= 15 is 0 Å². The van der Waals surface area contributed by atoms with Crippen molar-refractivity contribution in [1.29, 1.82) is 0 Å². The van der Waals surface area contributed by atoms with Gasteiger partial charge in [0.15, 0.2) is 0 Å². The monoisotopic (exact) mass is 430 g/mol. The lowest BCUT2D eigenvalue weighted by atomic mass is 10.2. The Kier molecular flexibility index (Phi) is 5.34. The van der Waals surface area contributed by atoms with Crippen LogP contribution in [0.5, 0.6) is 0 Å². The molecule has 1 saturated heterocycles. The van der Waals surface area contributed by atoms with Crippen LogP contribution in [0.1, 0.15) is 28.9 Å². The van der Waals surface area contributed by atoms with E-state index in [0.29, 0.717) is 30.3 Å². The Morgan fingerprint density at radius 1 is 0.969 bits per heavy atom. The molecule has 164 valence electrons. The number of carbonyl (C=O) groups is 2.